The van der Waals surface area contributed by atoms with E-state index in [-0.39, 0.29) is 17.9 Å². The van der Waals surface area contributed by atoms with Crippen molar-refractivity contribution in [1.29, 1.82) is 0 Å². The van der Waals surface area contributed by atoms with Crippen LogP contribution in [0.15, 0.2) is 36.5 Å². The van der Waals surface area contributed by atoms with Gasteiger partial charge in [0.1, 0.15) is 5.69 Å². The summed E-state index contributed by atoms with van der Waals surface area (Å²) in [7, 11) is 1.72. The molecule has 2 aromatic rings. The fourth-order valence-electron chi connectivity index (χ4n) is 2.72. The topological polar surface area (TPSA) is 67.2 Å². The van der Waals surface area contributed by atoms with Gasteiger partial charge >= 0.3 is 0 Å². The Kier molecular flexibility index (Phi) is 3.66. The Morgan fingerprint density at radius 2 is 2.00 bits per heavy atom. The number of hydrogen-bond donors (Lipinski definition) is 1. The molecule has 0 spiro atoms. The fraction of sp³-hybridized carbons (Fsp3) is 0.312. The maximum Gasteiger partial charge on any atom is 0.273 e. The van der Waals surface area contributed by atoms with Gasteiger partial charge in [0.05, 0.1) is 0 Å². The number of nitrogens with zero attached hydrogens (tertiary/aromatic N) is 3. The van der Waals surface area contributed by atoms with Crippen LogP contribution >= 0.6 is 0 Å². The van der Waals surface area contributed by atoms with E-state index in [4.69, 9.17) is 0 Å². The fourth-order valence-corrected chi connectivity index (χ4v) is 2.72. The first kappa shape index (κ1) is 14.3. The smallest absolute Gasteiger partial charge is 0.273 e. The SMILES string of the molecule is CC1CCC(=O)N1c1ccc(NC(=O)c2ccnn2C)cc1. The van der Waals surface area contributed by atoms with Crippen molar-refractivity contribution in [2.24, 2.45) is 7.05 Å². The van der Waals surface area contributed by atoms with Gasteiger partial charge in [0, 0.05) is 37.1 Å². The standard InChI is InChI=1S/C16H18N4O2/c1-11-3-8-15(21)20(11)13-6-4-12(5-7-13)18-16(22)14-9-10-17-19(14)2/h4-7,9-11H,3,8H2,1-2H3,(H,18,22). The van der Waals surface area contributed by atoms with Gasteiger partial charge in [-0.25, -0.2) is 0 Å². The third-order valence-corrected chi connectivity index (χ3v) is 3.94. The van der Waals surface area contributed by atoms with Crippen LogP contribution in [0.4, 0.5) is 11.4 Å². The van der Waals surface area contributed by atoms with E-state index in [1.165, 1.54) is 4.68 Å². The summed E-state index contributed by atoms with van der Waals surface area (Å²) >= 11 is 0. The lowest BCUT2D eigenvalue weighted by molar-refractivity contribution is -0.117. The largest absolute Gasteiger partial charge is 0.321 e. The molecule has 6 heteroatoms. The van der Waals surface area contributed by atoms with Crippen LogP contribution in [0.25, 0.3) is 0 Å². The van der Waals surface area contributed by atoms with E-state index >= 15 is 0 Å². The summed E-state index contributed by atoms with van der Waals surface area (Å²) in [6.07, 6.45) is 3.07. The summed E-state index contributed by atoms with van der Waals surface area (Å²) in [4.78, 5) is 25.8. The molecule has 22 heavy (non-hydrogen) atoms. The van der Waals surface area contributed by atoms with Gasteiger partial charge in [-0.3, -0.25) is 14.3 Å². The van der Waals surface area contributed by atoms with Gasteiger partial charge in [0.15, 0.2) is 0 Å². The van der Waals surface area contributed by atoms with Crippen LogP contribution < -0.4 is 10.2 Å². The first-order valence-corrected chi connectivity index (χ1v) is 7.28. The van der Waals surface area contributed by atoms with Crippen molar-refractivity contribution >= 4 is 23.2 Å². The van der Waals surface area contributed by atoms with E-state index in [2.05, 4.69) is 10.4 Å². The van der Waals surface area contributed by atoms with Gasteiger partial charge in [-0.05, 0) is 43.7 Å². The van der Waals surface area contributed by atoms with E-state index in [1.807, 2.05) is 36.1 Å². The highest BCUT2D eigenvalue weighted by Crippen LogP contribution is 2.27. The Bertz CT molecular complexity index is 705. The summed E-state index contributed by atoms with van der Waals surface area (Å²) in [5.41, 5.74) is 2.05. The third kappa shape index (κ3) is 2.59. The van der Waals surface area contributed by atoms with E-state index in [0.29, 0.717) is 17.8 Å². The molecule has 1 aliphatic heterocycles. The Balaban J connectivity index is 1.73. The molecule has 2 heterocycles. The predicted octanol–water partition coefficient (Wildman–Crippen LogP) is 2.19. The molecule has 1 saturated heterocycles. The summed E-state index contributed by atoms with van der Waals surface area (Å²) in [6.45, 7) is 2.04. The minimum Gasteiger partial charge on any atom is -0.321 e. The van der Waals surface area contributed by atoms with Crippen molar-refractivity contribution in [3.05, 3.63) is 42.2 Å². The number of nitrogens with one attached hydrogen (secondary N) is 1. The first-order valence-electron chi connectivity index (χ1n) is 7.28. The van der Waals surface area contributed by atoms with E-state index in [1.54, 1.807) is 19.3 Å². The minimum atomic E-state index is -0.210. The number of hydrogen-bond acceptors (Lipinski definition) is 3. The lowest BCUT2D eigenvalue weighted by Crippen LogP contribution is -2.30. The molecule has 1 atom stereocenters. The number of aryl methyl sites for hydroxylation is 1. The van der Waals surface area contributed by atoms with Gasteiger partial charge < -0.3 is 10.2 Å². The summed E-state index contributed by atoms with van der Waals surface area (Å²) in [5, 5.41) is 6.80. The Morgan fingerprint density at radius 3 is 2.55 bits per heavy atom. The van der Waals surface area contributed by atoms with Crippen LogP contribution in [0.3, 0.4) is 0 Å². The number of carbonyl (C=O) groups is 2. The van der Waals surface area contributed by atoms with Gasteiger partial charge in [0.2, 0.25) is 5.91 Å². The highest BCUT2D eigenvalue weighted by molar-refractivity contribution is 6.03. The molecule has 3 rings (SSSR count). The lowest BCUT2D eigenvalue weighted by atomic mass is 10.2. The second-order valence-electron chi connectivity index (χ2n) is 5.49. The molecule has 0 aliphatic carbocycles. The zero-order chi connectivity index (χ0) is 15.7. The van der Waals surface area contributed by atoms with Crippen molar-refractivity contribution in [2.75, 3.05) is 10.2 Å². The summed E-state index contributed by atoms with van der Waals surface area (Å²) < 4.78 is 1.52. The van der Waals surface area contributed by atoms with Crippen LogP contribution in [0.5, 0.6) is 0 Å². The number of carbonyl (C=O) groups excluding carboxylic acids is 2. The molecule has 0 bridgehead atoms. The first-order chi connectivity index (χ1) is 10.6. The summed E-state index contributed by atoms with van der Waals surface area (Å²) in [6, 6.07) is 9.22. The number of anilines is 2. The number of amides is 2. The average Bonchev–Trinajstić information content (AvgIpc) is 3.06. The second kappa shape index (κ2) is 5.63. The molecule has 1 N–H and O–H groups in total. The number of aromatic nitrogens is 2. The highest BCUT2D eigenvalue weighted by Gasteiger charge is 2.28. The van der Waals surface area contributed by atoms with Crippen LogP contribution in [0.2, 0.25) is 0 Å². The molecular weight excluding hydrogens is 280 g/mol. The molecule has 1 unspecified atom stereocenters. The van der Waals surface area contributed by atoms with Gasteiger partial charge in [-0.2, -0.15) is 5.10 Å². The quantitative estimate of drug-likeness (QED) is 0.944. The van der Waals surface area contributed by atoms with Crippen LogP contribution in [-0.2, 0) is 11.8 Å². The highest BCUT2D eigenvalue weighted by atomic mass is 16.2. The molecule has 114 valence electrons. The van der Waals surface area contributed by atoms with E-state index < -0.39 is 0 Å². The molecule has 0 radical (unpaired) electrons. The Morgan fingerprint density at radius 1 is 1.27 bits per heavy atom. The van der Waals surface area contributed by atoms with Crippen molar-refractivity contribution in [3.8, 4) is 0 Å². The predicted molar refractivity (Wildman–Crippen MR) is 83.8 cm³/mol. The molecular formula is C16H18N4O2. The van der Waals surface area contributed by atoms with E-state index in [9.17, 15) is 9.59 Å². The van der Waals surface area contributed by atoms with Crippen molar-refractivity contribution in [1.82, 2.24) is 9.78 Å². The average molecular weight is 298 g/mol. The molecule has 1 aliphatic rings. The zero-order valence-electron chi connectivity index (χ0n) is 12.6. The molecule has 2 amide bonds. The van der Waals surface area contributed by atoms with E-state index in [0.717, 1.165) is 12.1 Å². The van der Waals surface area contributed by atoms with Crippen LogP contribution in [0, 0.1) is 0 Å². The molecule has 1 fully saturated rings. The van der Waals surface area contributed by atoms with Gasteiger partial charge in [-0.15, -0.1) is 0 Å². The summed E-state index contributed by atoms with van der Waals surface area (Å²) in [5.74, 6) is -0.0578. The van der Waals surface area contributed by atoms with Crippen molar-refractivity contribution < 1.29 is 9.59 Å². The van der Waals surface area contributed by atoms with Crippen molar-refractivity contribution in [3.63, 3.8) is 0 Å². The Hall–Kier alpha value is -2.63. The maximum atomic E-state index is 12.1. The minimum absolute atomic E-state index is 0.152. The Labute approximate surface area is 128 Å². The maximum absolute atomic E-state index is 12.1. The monoisotopic (exact) mass is 298 g/mol. The second-order valence-corrected chi connectivity index (χ2v) is 5.49. The normalized spacial score (nSPS) is 17.8. The number of rotatable bonds is 3. The van der Waals surface area contributed by atoms with Crippen molar-refractivity contribution in [2.45, 2.75) is 25.8 Å². The van der Waals surface area contributed by atoms with Crippen LogP contribution in [0.1, 0.15) is 30.3 Å². The lowest BCUT2D eigenvalue weighted by Gasteiger charge is -2.21. The van der Waals surface area contributed by atoms with Gasteiger partial charge in [0.25, 0.3) is 5.91 Å². The molecule has 0 saturated carbocycles. The van der Waals surface area contributed by atoms with Crippen LogP contribution in [-0.4, -0.2) is 27.6 Å². The third-order valence-electron chi connectivity index (χ3n) is 3.94. The molecule has 6 nitrogen and oxygen atoms in total. The number of benzene rings is 1. The molecule has 1 aromatic carbocycles. The molecule has 1 aromatic heterocycles. The zero-order valence-corrected chi connectivity index (χ0v) is 12.6. The van der Waals surface area contributed by atoms with Gasteiger partial charge in [-0.1, -0.05) is 0 Å².